The highest BCUT2D eigenvalue weighted by Gasteiger charge is 2.36. The number of likely N-dealkylation sites (tertiary alicyclic amines) is 1. The lowest BCUT2D eigenvalue weighted by Gasteiger charge is -2.40. The van der Waals surface area contributed by atoms with Gasteiger partial charge in [-0.3, -0.25) is 0 Å². The zero-order valence-corrected chi connectivity index (χ0v) is 15.6. The highest BCUT2D eigenvalue weighted by Crippen LogP contribution is 2.28. The molecule has 1 aliphatic carbocycles. The number of halogens is 1. The number of fused-ring (bicyclic) bond motifs is 1. The molecule has 4 rings (SSSR count). The Labute approximate surface area is 153 Å². The first-order valence-electron chi connectivity index (χ1n) is 9.38. The number of benzene rings is 1. The van der Waals surface area contributed by atoms with E-state index in [1.165, 1.54) is 57.2 Å². The summed E-state index contributed by atoms with van der Waals surface area (Å²) >= 11 is 5.63. The standard InChI is InChI=1S/C19H25FN4S/c1-22-18(15-8-10-16(20)11-9-15)21-24(19(22)25)13-23-12-4-6-14-5-2-3-7-17(14)23/h8-11,14,17H,2-7,12-13H2,1H3/p+1/t14-,17-/m0/s1. The zero-order valence-electron chi connectivity index (χ0n) is 14.7. The number of rotatable bonds is 3. The predicted molar refractivity (Wildman–Crippen MR) is 98.2 cm³/mol. The van der Waals surface area contributed by atoms with Crippen molar-refractivity contribution in [2.45, 2.75) is 51.2 Å². The van der Waals surface area contributed by atoms with Crippen molar-refractivity contribution in [3.63, 3.8) is 0 Å². The van der Waals surface area contributed by atoms with Crippen LogP contribution in [-0.4, -0.2) is 26.9 Å². The first-order chi connectivity index (χ1) is 12.1. The van der Waals surface area contributed by atoms with Gasteiger partial charge in [0.1, 0.15) is 5.82 Å². The largest absolute Gasteiger partial charge is 0.314 e. The number of nitrogens with one attached hydrogen (secondary N) is 1. The topological polar surface area (TPSA) is 27.2 Å². The summed E-state index contributed by atoms with van der Waals surface area (Å²) in [4.78, 5) is 1.64. The predicted octanol–water partition coefficient (Wildman–Crippen LogP) is 2.95. The van der Waals surface area contributed by atoms with Crippen LogP contribution in [0.2, 0.25) is 0 Å². The van der Waals surface area contributed by atoms with Crippen molar-refractivity contribution in [1.82, 2.24) is 14.3 Å². The molecule has 3 atom stereocenters. The summed E-state index contributed by atoms with van der Waals surface area (Å²) in [6, 6.07) is 7.24. The van der Waals surface area contributed by atoms with Crippen LogP contribution in [-0.2, 0) is 13.7 Å². The Morgan fingerprint density at radius 1 is 1.16 bits per heavy atom. The maximum absolute atomic E-state index is 13.2. The Morgan fingerprint density at radius 2 is 1.88 bits per heavy atom. The van der Waals surface area contributed by atoms with Crippen LogP contribution in [0.4, 0.5) is 4.39 Å². The summed E-state index contributed by atoms with van der Waals surface area (Å²) in [7, 11) is 1.94. The van der Waals surface area contributed by atoms with Gasteiger partial charge in [-0.25, -0.2) is 4.39 Å². The Balaban J connectivity index is 1.59. The van der Waals surface area contributed by atoms with E-state index < -0.39 is 0 Å². The van der Waals surface area contributed by atoms with Crippen molar-refractivity contribution >= 4 is 12.2 Å². The van der Waals surface area contributed by atoms with Crippen molar-refractivity contribution in [1.29, 1.82) is 0 Å². The van der Waals surface area contributed by atoms with Gasteiger partial charge in [-0.15, -0.1) is 5.10 Å². The smallest absolute Gasteiger partial charge is 0.202 e. The molecule has 2 aromatic rings. The fourth-order valence-corrected chi connectivity index (χ4v) is 4.89. The van der Waals surface area contributed by atoms with Crippen LogP contribution in [0.25, 0.3) is 11.4 Å². The summed E-state index contributed by atoms with van der Waals surface area (Å²) in [6.45, 7) is 2.06. The maximum Gasteiger partial charge on any atom is 0.202 e. The molecule has 1 aromatic heterocycles. The van der Waals surface area contributed by atoms with E-state index in [-0.39, 0.29) is 5.82 Å². The van der Waals surface area contributed by atoms with Gasteiger partial charge in [0.2, 0.25) is 4.77 Å². The third kappa shape index (κ3) is 3.29. The van der Waals surface area contributed by atoms with Gasteiger partial charge in [-0.2, -0.15) is 4.68 Å². The number of quaternary nitrogens is 1. The normalized spacial score (nSPS) is 26.4. The molecule has 2 aliphatic rings. The first-order valence-corrected chi connectivity index (χ1v) is 9.78. The van der Waals surface area contributed by atoms with Gasteiger partial charge in [-0.1, -0.05) is 6.42 Å². The van der Waals surface area contributed by atoms with Crippen LogP contribution in [0.3, 0.4) is 0 Å². The third-order valence-electron chi connectivity index (χ3n) is 6.00. The van der Waals surface area contributed by atoms with Gasteiger partial charge in [0.25, 0.3) is 0 Å². The molecule has 2 fully saturated rings. The fraction of sp³-hybridized carbons (Fsp3) is 0.579. The molecule has 1 aliphatic heterocycles. The number of hydrogen-bond acceptors (Lipinski definition) is 2. The lowest BCUT2D eigenvalue weighted by Crippen LogP contribution is -3.17. The van der Waals surface area contributed by atoms with Crippen LogP contribution in [0.5, 0.6) is 0 Å². The fourth-order valence-electron chi connectivity index (χ4n) is 4.70. The van der Waals surface area contributed by atoms with Crippen molar-refractivity contribution in [3.05, 3.63) is 34.9 Å². The minimum absolute atomic E-state index is 0.231. The van der Waals surface area contributed by atoms with Gasteiger partial charge in [0.05, 0.1) is 12.6 Å². The molecule has 2 heterocycles. The lowest BCUT2D eigenvalue weighted by atomic mass is 9.78. The summed E-state index contributed by atoms with van der Waals surface area (Å²) < 4.78 is 17.8. The van der Waals surface area contributed by atoms with Crippen molar-refractivity contribution in [2.24, 2.45) is 13.0 Å². The van der Waals surface area contributed by atoms with Crippen LogP contribution < -0.4 is 4.90 Å². The first kappa shape index (κ1) is 16.9. The molecule has 1 aromatic carbocycles. The lowest BCUT2D eigenvalue weighted by molar-refractivity contribution is -0.958. The minimum atomic E-state index is -0.231. The van der Waals surface area contributed by atoms with E-state index >= 15 is 0 Å². The van der Waals surface area contributed by atoms with Crippen LogP contribution in [0, 0.1) is 16.5 Å². The van der Waals surface area contributed by atoms with Crippen LogP contribution in [0.1, 0.15) is 38.5 Å². The Bertz CT molecular complexity index is 793. The van der Waals surface area contributed by atoms with E-state index in [1.54, 1.807) is 17.0 Å². The average molecular weight is 362 g/mol. The second-order valence-electron chi connectivity index (χ2n) is 7.53. The van der Waals surface area contributed by atoms with Gasteiger partial charge in [-0.05, 0) is 68.6 Å². The molecule has 1 N–H and O–H groups in total. The minimum Gasteiger partial charge on any atom is -0.314 e. The summed E-state index contributed by atoms with van der Waals surface area (Å²) in [5.74, 6) is 1.46. The monoisotopic (exact) mass is 361 g/mol. The van der Waals surface area contributed by atoms with E-state index in [2.05, 4.69) is 0 Å². The molecule has 134 valence electrons. The van der Waals surface area contributed by atoms with Gasteiger partial charge >= 0.3 is 0 Å². The van der Waals surface area contributed by atoms with E-state index in [1.807, 2.05) is 16.3 Å². The van der Waals surface area contributed by atoms with Crippen LogP contribution >= 0.6 is 12.2 Å². The van der Waals surface area contributed by atoms with Crippen LogP contribution in [0.15, 0.2) is 24.3 Å². The molecular weight excluding hydrogens is 335 g/mol. The van der Waals surface area contributed by atoms with Crippen molar-refractivity contribution in [3.8, 4) is 11.4 Å². The molecule has 6 heteroatoms. The summed E-state index contributed by atoms with van der Waals surface area (Å²) in [6.07, 6.45) is 8.18. The van der Waals surface area contributed by atoms with E-state index in [0.717, 1.165) is 34.8 Å². The number of piperidine rings is 1. The molecule has 0 radical (unpaired) electrons. The molecule has 1 unspecified atom stereocenters. The summed E-state index contributed by atoms with van der Waals surface area (Å²) in [5.41, 5.74) is 0.901. The van der Waals surface area contributed by atoms with E-state index in [9.17, 15) is 4.39 Å². The SMILES string of the molecule is Cn1c(-c2ccc(F)cc2)nn(C[NH+]2CCC[C@@H]3CCCC[C@@H]32)c1=S. The Kier molecular flexibility index (Phi) is 4.73. The highest BCUT2D eigenvalue weighted by atomic mass is 32.1. The zero-order chi connectivity index (χ0) is 17.4. The molecule has 25 heavy (non-hydrogen) atoms. The summed E-state index contributed by atoms with van der Waals surface area (Å²) in [5, 5.41) is 4.77. The van der Waals surface area contributed by atoms with Gasteiger partial charge in [0, 0.05) is 18.5 Å². The average Bonchev–Trinajstić information content (AvgIpc) is 2.91. The quantitative estimate of drug-likeness (QED) is 0.851. The molecule has 1 saturated carbocycles. The highest BCUT2D eigenvalue weighted by molar-refractivity contribution is 7.71. The molecular formula is C19H26FN4S+. The second-order valence-corrected chi connectivity index (χ2v) is 7.90. The van der Waals surface area contributed by atoms with Crippen molar-refractivity contribution < 1.29 is 9.29 Å². The third-order valence-corrected chi connectivity index (χ3v) is 6.49. The number of aromatic nitrogens is 3. The maximum atomic E-state index is 13.2. The molecule has 0 amide bonds. The molecule has 0 bridgehead atoms. The van der Waals surface area contributed by atoms with Gasteiger partial charge < -0.3 is 9.47 Å². The Hall–Kier alpha value is -1.53. The number of nitrogens with zero attached hydrogens (tertiary/aromatic N) is 3. The van der Waals surface area contributed by atoms with E-state index in [4.69, 9.17) is 17.3 Å². The second kappa shape index (κ2) is 7.00. The molecule has 4 nitrogen and oxygen atoms in total. The van der Waals surface area contributed by atoms with Gasteiger partial charge in [0.15, 0.2) is 12.5 Å². The molecule has 1 saturated heterocycles. The molecule has 0 spiro atoms. The Morgan fingerprint density at radius 3 is 2.68 bits per heavy atom. The van der Waals surface area contributed by atoms with E-state index in [0.29, 0.717) is 0 Å². The van der Waals surface area contributed by atoms with Crippen molar-refractivity contribution in [2.75, 3.05) is 6.54 Å². The number of hydrogen-bond donors (Lipinski definition) is 1.